The first-order chi connectivity index (χ1) is 20.4. The average Bonchev–Trinajstić information content (AvgIpc) is 3.35. The molecule has 216 valence electrons. The lowest BCUT2D eigenvalue weighted by Crippen LogP contribution is -2.37. The summed E-state index contributed by atoms with van der Waals surface area (Å²) < 4.78 is 27.8. The highest BCUT2D eigenvalue weighted by atomic mass is 19.1. The fourth-order valence-electron chi connectivity index (χ4n) is 5.64. The Bertz CT molecular complexity index is 1660. The van der Waals surface area contributed by atoms with E-state index in [0.29, 0.717) is 23.8 Å². The van der Waals surface area contributed by atoms with Crippen molar-refractivity contribution in [1.82, 2.24) is 24.4 Å². The molecule has 0 saturated carbocycles. The molecule has 2 aliphatic rings. The van der Waals surface area contributed by atoms with E-state index < -0.39 is 11.8 Å². The van der Waals surface area contributed by atoms with Crippen LogP contribution in [0.5, 0.6) is 5.88 Å². The summed E-state index contributed by atoms with van der Waals surface area (Å²) in [5, 5.41) is 18.5. The van der Waals surface area contributed by atoms with E-state index in [2.05, 4.69) is 26.4 Å². The number of aromatic carboxylic acids is 1. The summed E-state index contributed by atoms with van der Waals surface area (Å²) in [6.45, 7) is 5.18. The maximum atomic E-state index is 14.2. The number of nitrogens with zero attached hydrogens (tertiary/aromatic N) is 6. The summed E-state index contributed by atoms with van der Waals surface area (Å²) in [6.07, 6.45) is 4.45. The normalized spacial score (nSPS) is 18.4. The largest absolute Gasteiger partial charge is 0.478 e. The number of aromatic nitrogens is 4. The van der Waals surface area contributed by atoms with E-state index in [0.717, 1.165) is 55.8 Å². The molecule has 6 rings (SSSR count). The van der Waals surface area contributed by atoms with Gasteiger partial charge < -0.3 is 19.1 Å². The Morgan fingerprint density at radius 2 is 2.00 bits per heavy atom. The number of carboxylic acid groups (broad SMARTS) is 1. The minimum Gasteiger partial charge on any atom is -0.478 e. The van der Waals surface area contributed by atoms with Crippen LogP contribution < -0.4 is 4.74 Å². The number of benzene rings is 2. The van der Waals surface area contributed by atoms with Crippen molar-refractivity contribution >= 4 is 17.0 Å². The van der Waals surface area contributed by atoms with Crippen molar-refractivity contribution in [2.45, 2.75) is 57.4 Å². The van der Waals surface area contributed by atoms with Gasteiger partial charge in [0.1, 0.15) is 24.1 Å². The lowest BCUT2D eigenvalue weighted by atomic mass is 9.95. The molecule has 2 saturated heterocycles. The predicted octanol–water partition coefficient (Wildman–Crippen LogP) is 4.84. The summed E-state index contributed by atoms with van der Waals surface area (Å²) >= 11 is 0. The molecule has 2 aromatic carbocycles. The van der Waals surface area contributed by atoms with Gasteiger partial charge in [-0.05, 0) is 69.6 Å². The van der Waals surface area contributed by atoms with Gasteiger partial charge in [0.25, 0.3) is 0 Å². The van der Waals surface area contributed by atoms with Gasteiger partial charge in [-0.1, -0.05) is 6.07 Å². The Morgan fingerprint density at radius 3 is 2.69 bits per heavy atom. The molecule has 1 N–H and O–H groups in total. The quantitative estimate of drug-likeness (QED) is 0.301. The van der Waals surface area contributed by atoms with Gasteiger partial charge in [0.15, 0.2) is 0 Å². The Morgan fingerprint density at radius 1 is 1.19 bits per heavy atom. The van der Waals surface area contributed by atoms with E-state index in [1.165, 1.54) is 6.07 Å². The van der Waals surface area contributed by atoms with Crippen molar-refractivity contribution in [3.63, 3.8) is 0 Å². The Balaban J connectivity index is 1.13. The van der Waals surface area contributed by atoms with E-state index in [-0.39, 0.29) is 35.8 Å². The van der Waals surface area contributed by atoms with Crippen LogP contribution in [-0.2, 0) is 17.9 Å². The third-order valence-corrected chi connectivity index (χ3v) is 8.23. The Kier molecular flexibility index (Phi) is 7.82. The number of hydrogen-bond acceptors (Lipinski definition) is 8. The number of carboxylic acids is 1. The zero-order chi connectivity index (χ0) is 29.2. The summed E-state index contributed by atoms with van der Waals surface area (Å²) in [5.41, 5.74) is 2.45. The van der Waals surface area contributed by atoms with Crippen LogP contribution in [0.25, 0.3) is 11.0 Å². The topological polar surface area (TPSA) is 126 Å². The van der Waals surface area contributed by atoms with Crippen LogP contribution in [0.15, 0.2) is 48.7 Å². The second-order valence-electron chi connectivity index (χ2n) is 10.8. The van der Waals surface area contributed by atoms with Gasteiger partial charge in [0.05, 0.1) is 46.9 Å². The highest BCUT2D eigenvalue weighted by Crippen LogP contribution is 2.33. The van der Waals surface area contributed by atoms with Gasteiger partial charge in [-0.15, -0.1) is 0 Å². The van der Waals surface area contributed by atoms with Crippen LogP contribution in [0.2, 0.25) is 0 Å². The number of hydrogen-bond donors (Lipinski definition) is 1. The van der Waals surface area contributed by atoms with Gasteiger partial charge in [0, 0.05) is 30.4 Å². The van der Waals surface area contributed by atoms with E-state index in [1.807, 2.05) is 6.07 Å². The van der Waals surface area contributed by atoms with Crippen molar-refractivity contribution in [3.05, 3.63) is 82.8 Å². The van der Waals surface area contributed by atoms with Gasteiger partial charge in [-0.3, -0.25) is 4.90 Å². The zero-order valence-corrected chi connectivity index (χ0v) is 23.2. The minimum atomic E-state index is -0.959. The first kappa shape index (κ1) is 27.8. The number of halogens is 1. The van der Waals surface area contributed by atoms with Gasteiger partial charge in [0.2, 0.25) is 5.88 Å². The van der Waals surface area contributed by atoms with Crippen LogP contribution >= 0.6 is 0 Å². The van der Waals surface area contributed by atoms with E-state index in [9.17, 15) is 14.3 Å². The maximum Gasteiger partial charge on any atom is 0.335 e. The standard InChI is InChI=1S/C31H31FN6O4/c1-19(30-35-26-5-4-22(31(39)40)15-27(26)38(30)17-24-9-13-41-24)37-11-7-21(8-12-37)29-34-10-6-28(36-29)42-18-23-3-2-20(16-33)14-25(23)32/h2-6,10,14-15,19,21,24H,7-9,11-13,17-18H2,1H3,(H,39,40)/t19-,24-/m0/s1. The number of carbonyl (C=O) groups is 1. The van der Waals surface area contributed by atoms with Crippen LogP contribution in [0.3, 0.4) is 0 Å². The smallest absolute Gasteiger partial charge is 0.335 e. The maximum absolute atomic E-state index is 14.2. The van der Waals surface area contributed by atoms with Crippen LogP contribution in [0.1, 0.15) is 71.3 Å². The Hall–Kier alpha value is -4.40. The first-order valence-electron chi connectivity index (χ1n) is 14.1. The molecule has 4 heterocycles. The molecule has 0 spiro atoms. The highest BCUT2D eigenvalue weighted by molar-refractivity contribution is 5.92. The lowest BCUT2D eigenvalue weighted by Gasteiger charge is -2.36. The molecule has 42 heavy (non-hydrogen) atoms. The number of imidazole rings is 1. The lowest BCUT2D eigenvalue weighted by molar-refractivity contribution is -0.0594. The molecule has 0 aliphatic carbocycles. The number of fused-ring (bicyclic) bond motifs is 1. The molecule has 2 atom stereocenters. The third-order valence-electron chi connectivity index (χ3n) is 8.23. The van der Waals surface area contributed by atoms with Crippen LogP contribution in [-0.4, -0.2) is 61.3 Å². The summed E-state index contributed by atoms with van der Waals surface area (Å²) in [6, 6.07) is 13.0. The minimum absolute atomic E-state index is 0.00477. The zero-order valence-electron chi connectivity index (χ0n) is 23.2. The number of likely N-dealkylation sites (tertiary alicyclic amines) is 1. The molecule has 2 aromatic heterocycles. The molecule has 2 fully saturated rings. The van der Waals surface area contributed by atoms with Gasteiger partial charge in [-0.25, -0.2) is 19.2 Å². The second-order valence-corrected chi connectivity index (χ2v) is 10.8. The van der Waals surface area contributed by atoms with Crippen molar-refractivity contribution in [3.8, 4) is 11.9 Å². The van der Waals surface area contributed by atoms with Crippen LogP contribution in [0, 0.1) is 17.1 Å². The number of piperidine rings is 1. The first-order valence-corrected chi connectivity index (χ1v) is 14.1. The predicted molar refractivity (Wildman–Crippen MR) is 150 cm³/mol. The average molecular weight is 571 g/mol. The number of rotatable bonds is 9. The molecule has 11 heteroatoms. The summed E-state index contributed by atoms with van der Waals surface area (Å²) in [5.74, 6) is 0.704. The van der Waals surface area contributed by atoms with E-state index in [1.54, 1.807) is 42.6 Å². The van der Waals surface area contributed by atoms with Crippen molar-refractivity contribution in [1.29, 1.82) is 5.26 Å². The van der Waals surface area contributed by atoms with Crippen molar-refractivity contribution < 1.29 is 23.8 Å². The molecule has 10 nitrogen and oxygen atoms in total. The molecule has 0 amide bonds. The van der Waals surface area contributed by atoms with Crippen LogP contribution in [0.4, 0.5) is 4.39 Å². The Labute approximate surface area is 242 Å². The fourth-order valence-corrected chi connectivity index (χ4v) is 5.64. The number of nitriles is 1. The summed E-state index contributed by atoms with van der Waals surface area (Å²) in [4.78, 5) is 28.1. The van der Waals surface area contributed by atoms with E-state index >= 15 is 0 Å². The monoisotopic (exact) mass is 570 g/mol. The van der Waals surface area contributed by atoms with E-state index in [4.69, 9.17) is 19.7 Å². The second kappa shape index (κ2) is 11.8. The highest BCUT2D eigenvalue weighted by Gasteiger charge is 2.30. The van der Waals surface area contributed by atoms with Gasteiger partial charge in [-0.2, -0.15) is 10.2 Å². The molecule has 0 bridgehead atoms. The molecule has 0 radical (unpaired) electrons. The SMILES string of the molecule is C[C@@H](c1nc2ccc(C(=O)O)cc2n1C[C@@H]1CCO1)N1CCC(c2nccc(OCc3ccc(C#N)cc3F)n2)CC1. The fraction of sp³-hybridized carbons (Fsp3) is 0.387. The molecular weight excluding hydrogens is 539 g/mol. The molecular formula is C31H31FN6O4. The molecule has 0 unspecified atom stereocenters. The summed E-state index contributed by atoms with van der Waals surface area (Å²) in [7, 11) is 0. The third kappa shape index (κ3) is 5.68. The number of ether oxygens (including phenoxy) is 2. The van der Waals surface area contributed by atoms with Crippen molar-refractivity contribution in [2.24, 2.45) is 0 Å². The molecule has 2 aliphatic heterocycles. The molecule has 4 aromatic rings. The van der Waals surface area contributed by atoms with Crippen molar-refractivity contribution in [2.75, 3.05) is 19.7 Å². The van der Waals surface area contributed by atoms with Gasteiger partial charge >= 0.3 is 5.97 Å².